The van der Waals surface area contributed by atoms with Gasteiger partial charge in [0.15, 0.2) is 0 Å². The van der Waals surface area contributed by atoms with E-state index in [-0.39, 0.29) is 0 Å². The van der Waals surface area contributed by atoms with Crippen LogP contribution in [0.25, 0.3) is 0 Å². The van der Waals surface area contributed by atoms with Gasteiger partial charge in [-0.3, -0.25) is 10.6 Å². The Kier molecular flexibility index (Phi) is 9.16. The summed E-state index contributed by atoms with van der Waals surface area (Å²) < 4.78 is 0. The van der Waals surface area contributed by atoms with Gasteiger partial charge in [-0.1, -0.05) is 56.2 Å². The van der Waals surface area contributed by atoms with Gasteiger partial charge in [0.2, 0.25) is 0 Å². The predicted octanol–water partition coefficient (Wildman–Crippen LogP) is 3.29. The van der Waals surface area contributed by atoms with E-state index in [9.17, 15) is 0 Å². The van der Waals surface area contributed by atoms with Gasteiger partial charge in [-0.05, 0) is 13.3 Å². The summed E-state index contributed by atoms with van der Waals surface area (Å²) in [5, 5.41) is 7.09. The van der Waals surface area contributed by atoms with Gasteiger partial charge in [-0.25, -0.2) is 4.98 Å². The molecule has 0 aromatic carbocycles. The molecule has 4 heteroatoms. The van der Waals surface area contributed by atoms with Crippen LogP contribution < -0.4 is 10.6 Å². The number of hydrogen-bond donors (Lipinski definition) is 3. The number of nitrogens with zero attached hydrogens (tertiary/aromatic N) is 1. The monoisotopic (exact) mass is 288 g/mol. The molecule has 116 valence electrons. The van der Waals surface area contributed by atoms with E-state index >= 15 is 0 Å². The zero-order valence-electron chi connectivity index (χ0n) is 13.2. The molecule has 0 aliphatic heterocycles. The van der Waals surface area contributed by atoms with Crippen molar-refractivity contribution in [3.63, 3.8) is 0 Å². The molecule has 0 saturated carbocycles. The van der Waals surface area contributed by atoms with E-state index in [1.165, 1.54) is 18.4 Å². The van der Waals surface area contributed by atoms with E-state index in [0.717, 1.165) is 25.2 Å². The first-order valence-corrected chi connectivity index (χ1v) is 7.65. The van der Waals surface area contributed by atoms with E-state index in [0.29, 0.717) is 6.17 Å². The molecule has 1 rings (SSSR count). The first-order chi connectivity index (χ1) is 10.3. The highest BCUT2D eigenvalue weighted by atomic mass is 15.1. The summed E-state index contributed by atoms with van der Waals surface area (Å²) in [6, 6.07) is 0. The number of nitrogens with one attached hydrogen (secondary N) is 3. The van der Waals surface area contributed by atoms with Crippen LogP contribution in [0, 0.1) is 0 Å². The maximum absolute atomic E-state index is 4.24. The first-order valence-electron chi connectivity index (χ1n) is 7.65. The molecule has 1 atom stereocenters. The third-order valence-corrected chi connectivity index (χ3v) is 3.19. The molecule has 1 aromatic rings. The van der Waals surface area contributed by atoms with E-state index in [1.807, 2.05) is 18.3 Å². The number of unbranched alkanes of at least 4 members (excludes halogenated alkanes) is 1. The lowest BCUT2D eigenvalue weighted by molar-refractivity contribution is 0.398. The van der Waals surface area contributed by atoms with Crippen LogP contribution >= 0.6 is 0 Å². The fourth-order valence-corrected chi connectivity index (χ4v) is 1.94. The second-order valence-corrected chi connectivity index (χ2v) is 5.15. The van der Waals surface area contributed by atoms with Crippen molar-refractivity contribution in [1.29, 1.82) is 0 Å². The van der Waals surface area contributed by atoms with Crippen molar-refractivity contribution in [3.8, 4) is 0 Å². The Bertz CT molecular complexity index is 432. The number of imidazole rings is 1. The minimum atomic E-state index is 0.313. The van der Waals surface area contributed by atoms with Crippen LogP contribution in [-0.4, -0.2) is 22.7 Å². The van der Waals surface area contributed by atoms with Crippen LogP contribution in [0.15, 0.2) is 49.0 Å². The highest BCUT2D eigenvalue weighted by Gasteiger charge is 2.07. The maximum Gasteiger partial charge on any atom is 0.0923 e. The smallest absolute Gasteiger partial charge is 0.0923 e. The van der Waals surface area contributed by atoms with Gasteiger partial charge >= 0.3 is 0 Å². The zero-order chi connectivity index (χ0) is 15.3. The summed E-state index contributed by atoms with van der Waals surface area (Å²) in [6.07, 6.45) is 15.3. The van der Waals surface area contributed by atoms with Gasteiger partial charge in [0, 0.05) is 19.3 Å². The molecule has 1 heterocycles. The normalized spacial score (nSPS) is 13.7. The number of aromatic nitrogens is 2. The highest BCUT2D eigenvalue weighted by molar-refractivity contribution is 5.15. The van der Waals surface area contributed by atoms with Gasteiger partial charge in [-0.2, -0.15) is 0 Å². The number of rotatable bonds is 11. The van der Waals surface area contributed by atoms with Crippen molar-refractivity contribution >= 4 is 0 Å². The van der Waals surface area contributed by atoms with Crippen molar-refractivity contribution in [2.24, 2.45) is 0 Å². The van der Waals surface area contributed by atoms with Crippen molar-refractivity contribution in [2.75, 3.05) is 6.54 Å². The molecule has 0 amide bonds. The molecule has 3 N–H and O–H groups in total. The number of hydrogen-bond acceptors (Lipinski definition) is 3. The lowest BCUT2D eigenvalue weighted by Crippen LogP contribution is -2.42. The van der Waals surface area contributed by atoms with Gasteiger partial charge in [0.25, 0.3) is 0 Å². The molecule has 21 heavy (non-hydrogen) atoms. The summed E-state index contributed by atoms with van der Waals surface area (Å²) in [5.41, 5.74) is 2.34. The molecule has 0 saturated heterocycles. The Morgan fingerprint density at radius 1 is 1.43 bits per heavy atom. The summed E-state index contributed by atoms with van der Waals surface area (Å²) in [7, 11) is 0. The van der Waals surface area contributed by atoms with Crippen molar-refractivity contribution in [3.05, 3.63) is 54.7 Å². The molecular weight excluding hydrogens is 260 g/mol. The van der Waals surface area contributed by atoms with E-state index in [4.69, 9.17) is 0 Å². The fourth-order valence-electron chi connectivity index (χ4n) is 1.94. The summed E-state index contributed by atoms with van der Waals surface area (Å²) >= 11 is 0. The average Bonchev–Trinajstić information content (AvgIpc) is 3.00. The predicted molar refractivity (Wildman–Crippen MR) is 89.8 cm³/mol. The summed E-state index contributed by atoms with van der Waals surface area (Å²) in [5.74, 6) is 0. The second-order valence-electron chi connectivity index (χ2n) is 5.15. The van der Waals surface area contributed by atoms with Crippen LogP contribution in [0.1, 0.15) is 38.8 Å². The van der Waals surface area contributed by atoms with Crippen LogP contribution in [0.3, 0.4) is 0 Å². The lowest BCUT2D eigenvalue weighted by atomic mass is 10.2. The molecule has 0 bridgehead atoms. The Balaban J connectivity index is 2.39. The van der Waals surface area contributed by atoms with Crippen LogP contribution in [0.4, 0.5) is 0 Å². The number of allylic oxidation sites excluding steroid dienone is 4. The molecular formula is C17H28N4. The highest BCUT2D eigenvalue weighted by Crippen LogP contribution is 2.01. The standard InChI is InChI=1S/C17H28N4/c1-4-6-8-9-15(3)11-19-17(10-7-5-2)20-13-16-12-18-14-21-16/h4,6,8-9,12,14,17,19-20H,1,5,7,10-11,13H2,2-3H3,(H,18,21)/b8-6-,15-9+. The lowest BCUT2D eigenvalue weighted by Gasteiger charge is -2.20. The van der Waals surface area contributed by atoms with Gasteiger partial charge < -0.3 is 4.98 Å². The number of aromatic amines is 1. The molecule has 0 aliphatic rings. The topological polar surface area (TPSA) is 52.7 Å². The van der Waals surface area contributed by atoms with Gasteiger partial charge in [0.05, 0.1) is 18.2 Å². The second kappa shape index (κ2) is 11.1. The minimum absolute atomic E-state index is 0.313. The molecule has 0 fully saturated rings. The van der Waals surface area contributed by atoms with Crippen molar-refractivity contribution in [2.45, 2.75) is 45.8 Å². The van der Waals surface area contributed by atoms with Crippen LogP contribution in [0.5, 0.6) is 0 Å². The fraction of sp³-hybridized carbons (Fsp3) is 0.471. The van der Waals surface area contributed by atoms with E-state index in [1.54, 1.807) is 12.4 Å². The summed E-state index contributed by atoms with van der Waals surface area (Å²) in [4.78, 5) is 7.22. The Hall–Kier alpha value is -1.65. The maximum atomic E-state index is 4.24. The number of H-pyrrole nitrogens is 1. The van der Waals surface area contributed by atoms with E-state index in [2.05, 4.69) is 47.1 Å². The third-order valence-electron chi connectivity index (χ3n) is 3.19. The molecule has 1 aromatic heterocycles. The molecule has 0 spiro atoms. The van der Waals surface area contributed by atoms with Crippen LogP contribution in [-0.2, 0) is 6.54 Å². The molecule has 1 unspecified atom stereocenters. The zero-order valence-corrected chi connectivity index (χ0v) is 13.2. The first kappa shape index (κ1) is 17.4. The quantitative estimate of drug-likeness (QED) is 0.432. The minimum Gasteiger partial charge on any atom is -0.351 e. The molecule has 4 nitrogen and oxygen atoms in total. The largest absolute Gasteiger partial charge is 0.351 e. The van der Waals surface area contributed by atoms with Crippen LogP contribution in [0.2, 0.25) is 0 Å². The van der Waals surface area contributed by atoms with Crippen molar-refractivity contribution < 1.29 is 0 Å². The SMILES string of the molecule is C=C/C=C\C=C(/C)CNC(CCCC)NCc1c[nH]cn1. The average molecular weight is 288 g/mol. The Labute approximate surface area is 128 Å². The van der Waals surface area contributed by atoms with Gasteiger partial charge in [0.1, 0.15) is 0 Å². The Morgan fingerprint density at radius 3 is 2.95 bits per heavy atom. The molecule has 0 radical (unpaired) electrons. The van der Waals surface area contributed by atoms with Gasteiger partial charge in [-0.15, -0.1) is 0 Å². The van der Waals surface area contributed by atoms with Crippen molar-refractivity contribution in [1.82, 2.24) is 20.6 Å². The third kappa shape index (κ3) is 8.27. The van der Waals surface area contributed by atoms with E-state index < -0.39 is 0 Å². The Morgan fingerprint density at radius 2 is 2.29 bits per heavy atom. The molecule has 0 aliphatic carbocycles. The summed E-state index contributed by atoms with van der Waals surface area (Å²) in [6.45, 7) is 9.67.